The lowest BCUT2D eigenvalue weighted by Crippen LogP contribution is -2.48. The third kappa shape index (κ3) is 5.72. The Balaban J connectivity index is 4.09. The Bertz CT molecular complexity index is 212. The molecule has 0 spiro atoms. The Hall–Kier alpha value is -0.875. The molecule has 0 fully saturated rings. The summed E-state index contributed by atoms with van der Waals surface area (Å²) in [4.78, 5) is 10.9. The first-order valence-electron chi connectivity index (χ1n) is 4.22. The van der Waals surface area contributed by atoms with Gasteiger partial charge in [0, 0.05) is 0 Å². The average Bonchev–Trinajstić information content (AvgIpc) is 1.79. The van der Waals surface area contributed by atoms with Crippen molar-refractivity contribution in [3.8, 4) is 0 Å². The maximum Gasteiger partial charge on any atom is 0.500 e. The Morgan fingerprint density at radius 2 is 1.79 bits per heavy atom. The molecule has 14 heavy (non-hydrogen) atoms. The van der Waals surface area contributed by atoms with Gasteiger partial charge in [-0.2, -0.15) is 0 Å². The highest BCUT2D eigenvalue weighted by Crippen LogP contribution is 2.14. The average molecular weight is 212 g/mol. The van der Waals surface area contributed by atoms with Crippen LogP contribution in [0.1, 0.15) is 27.7 Å². The summed E-state index contributed by atoms with van der Waals surface area (Å²) in [5.74, 6) is -1.84. The highest BCUT2D eigenvalue weighted by molar-refractivity contribution is 6.60. The molecule has 0 aromatic carbocycles. The van der Waals surface area contributed by atoms with Crippen LogP contribution >= 0.6 is 0 Å². The third-order valence-electron chi connectivity index (χ3n) is 1.31. The van der Waals surface area contributed by atoms with E-state index in [1.165, 1.54) is 0 Å². The molecule has 0 saturated heterocycles. The van der Waals surface area contributed by atoms with Crippen molar-refractivity contribution >= 4 is 13.1 Å². The molecule has 0 unspecified atom stereocenters. The number of nitrogens with one attached hydrogen (secondary N) is 1. The molecular weight excluding hydrogens is 198 g/mol. The van der Waals surface area contributed by atoms with Gasteiger partial charge in [-0.25, -0.2) is 4.79 Å². The Morgan fingerprint density at radius 1 is 1.36 bits per heavy atom. The predicted octanol–water partition coefficient (Wildman–Crippen LogP) is 2.29. The topological polar surface area (TPSA) is 38.3 Å². The first kappa shape index (κ1) is 13.1. The quantitative estimate of drug-likeness (QED) is 0.713. The number of hydrogen-bond donors (Lipinski definition) is 1. The van der Waals surface area contributed by atoms with Gasteiger partial charge in [-0.15, -0.1) is 0 Å². The van der Waals surface area contributed by atoms with Crippen molar-refractivity contribution in [2.75, 3.05) is 0 Å². The number of halogens is 3. The van der Waals surface area contributed by atoms with E-state index in [1.807, 2.05) is 0 Å². The van der Waals surface area contributed by atoms with Crippen LogP contribution < -0.4 is 5.32 Å². The van der Waals surface area contributed by atoms with Crippen LogP contribution in [0.2, 0.25) is 0 Å². The molecule has 0 rings (SSSR count). The van der Waals surface area contributed by atoms with Crippen molar-refractivity contribution in [1.29, 1.82) is 0 Å². The van der Waals surface area contributed by atoms with Crippen LogP contribution in [0.3, 0.4) is 0 Å². The lowest BCUT2D eigenvalue weighted by molar-refractivity contribution is 0.0514. The van der Waals surface area contributed by atoms with Gasteiger partial charge in [0.25, 0.3) is 0 Å². The fourth-order valence-corrected chi connectivity index (χ4v) is 0.588. The van der Waals surface area contributed by atoms with Crippen LogP contribution in [0.5, 0.6) is 0 Å². The van der Waals surface area contributed by atoms with Gasteiger partial charge in [0.05, 0.1) is 0 Å². The first-order chi connectivity index (χ1) is 6.02. The highest BCUT2D eigenvalue weighted by atomic mass is 19.4. The van der Waals surface area contributed by atoms with E-state index in [1.54, 1.807) is 26.1 Å². The van der Waals surface area contributed by atoms with Crippen molar-refractivity contribution < 1.29 is 22.5 Å². The van der Waals surface area contributed by atoms with Gasteiger partial charge in [0.1, 0.15) is 5.60 Å². The van der Waals surface area contributed by atoms with Crippen LogP contribution in [0.4, 0.5) is 17.7 Å². The minimum absolute atomic E-state index is 0.789. The van der Waals surface area contributed by atoms with Crippen LogP contribution in [-0.4, -0.2) is 24.6 Å². The number of ether oxygens (including phenoxy) is 1. The van der Waals surface area contributed by atoms with E-state index in [0.29, 0.717) is 0 Å². The first-order valence-corrected chi connectivity index (χ1v) is 4.22. The molecule has 1 amide bonds. The number of alkyl carbamates (subject to hydrolysis) is 1. The lowest BCUT2D eigenvalue weighted by Gasteiger charge is -2.26. The summed E-state index contributed by atoms with van der Waals surface area (Å²) in [6, 6.07) is 0. The third-order valence-corrected chi connectivity index (χ3v) is 1.31. The molecule has 1 N–H and O–H groups in total. The number of carbonyl (C=O) groups is 1. The molecule has 0 aromatic rings. The van der Waals surface area contributed by atoms with E-state index in [9.17, 15) is 17.7 Å². The zero-order chi connectivity index (χ0) is 11.6. The summed E-state index contributed by atoms with van der Waals surface area (Å²) in [6.45, 7) is 0.556. The Morgan fingerprint density at radius 3 is 2.07 bits per heavy atom. The minimum Gasteiger partial charge on any atom is -0.448 e. The van der Waals surface area contributed by atoms with E-state index in [-0.39, 0.29) is 0 Å². The second-order valence-corrected chi connectivity index (χ2v) is 4.06. The van der Waals surface area contributed by atoms with Gasteiger partial charge < -0.3 is 23.0 Å². The lowest BCUT2D eigenvalue weighted by atomic mass is 9.81. The molecule has 0 aliphatic rings. The standard InChI is InChI=1S/C7H14BF3NO2/c1-5(8(9,10)11)12-6(13)14-7(2,3)4/h5H,1-4H3,(H,12,13)/q-1/t5-/m0/s1. The summed E-state index contributed by atoms with van der Waals surface area (Å²) in [6.07, 6.45) is -1.05. The van der Waals surface area contributed by atoms with Gasteiger partial charge in [-0.3, -0.25) is 0 Å². The molecule has 0 heterocycles. The summed E-state index contributed by atoms with van der Waals surface area (Å²) >= 11 is 0. The molecule has 0 aliphatic heterocycles. The van der Waals surface area contributed by atoms with E-state index < -0.39 is 24.6 Å². The molecule has 0 radical (unpaired) electrons. The maximum atomic E-state index is 12.0. The van der Waals surface area contributed by atoms with E-state index in [2.05, 4.69) is 4.74 Å². The second-order valence-electron chi connectivity index (χ2n) is 4.06. The van der Waals surface area contributed by atoms with Crippen LogP contribution in [0.25, 0.3) is 0 Å². The van der Waals surface area contributed by atoms with E-state index in [4.69, 9.17) is 0 Å². The number of carbonyl (C=O) groups excluding carboxylic acids is 1. The van der Waals surface area contributed by atoms with Gasteiger partial charge in [0.15, 0.2) is 0 Å². The van der Waals surface area contributed by atoms with E-state index in [0.717, 1.165) is 6.92 Å². The van der Waals surface area contributed by atoms with Crippen molar-refractivity contribution in [2.24, 2.45) is 0 Å². The Kier molecular flexibility index (Phi) is 3.85. The maximum absolute atomic E-state index is 12.0. The SMILES string of the molecule is C[C@H](NC(=O)OC(C)(C)C)[B-](F)(F)F. The van der Waals surface area contributed by atoms with Crippen molar-refractivity contribution in [2.45, 2.75) is 39.2 Å². The normalized spacial score (nSPS) is 14.8. The van der Waals surface area contributed by atoms with Crippen molar-refractivity contribution in [1.82, 2.24) is 5.32 Å². The predicted molar refractivity (Wildman–Crippen MR) is 47.9 cm³/mol. The number of rotatable bonds is 2. The molecule has 0 aliphatic carbocycles. The summed E-state index contributed by atoms with van der Waals surface area (Å²) in [5, 5.41) is 1.72. The van der Waals surface area contributed by atoms with Crippen LogP contribution in [0, 0.1) is 0 Å². The monoisotopic (exact) mass is 212 g/mol. The van der Waals surface area contributed by atoms with Crippen LogP contribution in [0.15, 0.2) is 0 Å². The van der Waals surface area contributed by atoms with Gasteiger partial charge >= 0.3 is 13.1 Å². The van der Waals surface area contributed by atoms with Crippen molar-refractivity contribution in [3.63, 3.8) is 0 Å². The number of hydrogen-bond acceptors (Lipinski definition) is 2. The molecule has 84 valence electrons. The Labute approximate surface area is 81.1 Å². The minimum atomic E-state index is -5.06. The molecule has 1 atom stereocenters. The smallest absolute Gasteiger partial charge is 0.448 e. The molecule has 0 aromatic heterocycles. The zero-order valence-corrected chi connectivity index (χ0v) is 8.61. The van der Waals surface area contributed by atoms with E-state index >= 15 is 0 Å². The summed E-state index contributed by atoms with van der Waals surface area (Å²) < 4.78 is 40.8. The molecule has 7 heteroatoms. The zero-order valence-electron chi connectivity index (χ0n) is 8.61. The molecule has 3 nitrogen and oxygen atoms in total. The number of amides is 1. The van der Waals surface area contributed by atoms with Gasteiger partial charge in [0.2, 0.25) is 0 Å². The fourth-order valence-electron chi connectivity index (χ4n) is 0.588. The summed E-state index contributed by atoms with van der Waals surface area (Å²) in [7, 11) is 0. The highest BCUT2D eigenvalue weighted by Gasteiger charge is 2.33. The van der Waals surface area contributed by atoms with Crippen molar-refractivity contribution in [3.05, 3.63) is 0 Å². The second kappa shape index (κ2) is 4.10. The molecular formula is C7H14BF3NO2-. The van der Waals surface area contributed by atoms with Gasteiger partial charge in [-0.1, -0.05) is 6.92 Å². The summed E-state index contributed by atoms with van der Waals surface area (Å²) in [5.41, 5.74) is -0.789. The largest absolute Gasteiger partial charge is 0.500 e. The fraction of sp³-hybridized carbons (Fsp3) is 0.857. The molecule has 0 saturated carbocycles. The van der Waals surface area contributed by atoms with Gasteiger partial charge in [-0.05, 0) is 26.7 Å². The molecule has 0 bridgehead atoms. The van der Waals surface area contributed by atoms with Crippen LogP contribution in [-0.2, 0) is 4.74 Å².